The number of carboxylic acid groups (broad SMARTS) is 1. The molecule has 7 heteroatoms. The van der Waals surface area contributed by atoms with Gasteiger partial charge in [-0.25, -0.2) is 9.78 Å². The molecular weight excluding hydrogens is 396 g/mol. The fourth-order valence-electron chi connectivity index (χ4n) is 2.84. The first-order chi connectivity index (χ1) is 13.4. The van der Waals surface area contributed by atoms with Crippen molar-refractivity contribution in [2.45, 2.75) is 25.3 Å². The van der Waals surface area contributed by atoms with Gasteiger partial charge in [-0.15, -0.1) is 11.3 Å². The summed E-state index contributed by atoms with van der Waals surface area (Å²) in [6, 6.07) is 16.6. The molecule has 1 aromatic heterocycles. The van der Waals surface area contributed by atoms with Crippen molar-refractivity contribution in [2.75, 3.05) is 0 Å². The Bertz CT molecular complexity index is 990. The highest BCUT2D eigenvalue weighted by atomic mass is 35.5. The first kappa shape index (κ1) is 20.0. The van der Waals surface area contributed by atoms with Gasteiger partial charge in [0.1, 0.15) is 10.5 Å². The number of thiazole rings is 1. The summed E-state index contributed by atoms with van der Waals surface area (Å²) < 4.78 is 0. The zero-order chi connectivity index (χ0) is 20.1. The van der Waals surface area contributed by atoms with E-state index in [4.69, 9.17) is 11.6 Å². The van der Waals surface area contributed by atoms with Gasteiger partial charge in [-0.3, -0.25) is 4.79 Å². The normalized spacial score (nSPS) is 12.9. The number of carbonyl (C=O) groups excluding carboxylic acids is 1. The fraction of sp³-hybridized carbons (Fsp3) is 0.190. The molecule has 5 nitrogen and oxygen atoms in total. The molecule has 144 valence electrons. The van der Waals surface area contributed by atoms with E-state index in [2.05, 4.69) is 10.3 Å². The van der Waals surface area contributed by atoms with Gasteiger partial charge >= 0.3 is 5.97 Å². The van der Waals surface area contributed by atoms with Gasteiger partial charge in [0.2, 0.25) is 5.91 Å². The van der Waals surface area contributed by atoms with Gasteiger partial charge in [0, 0.05) is 22.4 Å². The highest BCUT2D eigenvalue weighted by molar-refractivity contribution is 7.13. The predicted molar refractivity (Wildman–Crippen MR) is 111 cm³/mol. The standard InChI is InChI=1S/C21H19ClN2O3S/c1-21(20(26)27,12-14-6-3-2-4-7-14)24-18(25)11-17-13-28-19(23-17)15-8-5-9-16(22)10-15/h2-10,13H,11-12H2,1H3,(H,24,25)(H,26,27). The number of aromatic nitrogens is 1. The summed E-state index contributed by atoms with van der Waals surface area (Å²) in [6.45, 7) is 1.51. The van der Waals surface area contributed by atoms with Crippen LogP contribution in [-0.2, 0) is 22.4 Å². The highest BCUT2D eigenvalue weighted by Gasteiger charge is 2.35. The number of hydrogen-bond donors (Lipinski definition) is 2. The average Bonchev–Trinajstić information content (AvgIpc) is 3.10. The van der Waals surface area contributed by atoms with Crippen LogP contribution >= 0.6 is 22.9 Å². The van der Waals surface area contributed by atoms with Gasteiger partial charge in [-0.05, 0) is 24.6 Å². The van der Waals surface area contributed by atoms with Crippen molar-refractivity contribution >= 4 is 34.8 Å². The molecule has 0 bridgehead atoms. The molecule has 2 aromatic carbocycles. The Kier molecular flexibility index (Phi) is 6.11. The van der Waals surface area contributed by atoms with Crippen LogP contribution in [0.2, 0.25) is 5.02 Å². The molecular formula is C21H19ClN2O3S. The van der Waals surface area contributed by atoms with Gasteiger partial charge in [-0.1, -0.05) is 54.1 Å². The number of rotatable bonds is 7. The number of amides is 1. The molecule has 0 aliphatic rings. The predicted octanol–water partition coefficient (Wildman–Crippen LogP) is 4.21. The smallest absolute Gasteiger partial charge is 0.329 e. The van der Waals surface area contributed by atoms with E-state index >= 15 is 0 Å². The number of hydrogen-bond acceptors (Lipinski definition) is 4. The number of carbonyl (C=O) groups is 2. The third-order valence-electron chi connectivity index (χ3n) is 4.25. The number of carboxylic acids is 1. The van der Waals surface area contributed by atoms with Gasteiger partial charge in [0.05, 0.1) is 12.1 Å². The monoisotopic (exact) mass is 414 g/mol. The van der Waals surface area contributed by atoms with Crippen LogP contribution in [0.4, 0.5) is 0 Å². The van der Waals surface area contributed by atoms with Crippen LogP contribution in [0.3, 0.4) is 0 Å². The first-order valence-corrected chi connectivity index (χ1v) is 9.90. The Morgan fingerprint density at radius 1 is 1.18 bits per heavy atom. The molecule has 0 fully saturated rings. The molecule has 3 rings (SSSR count). The summed E-state index contributed by atoms with van der Waals surface area (Å²) in [5.41, 5.74) is 0.905. The lowest BCUT2D eigenvalue weighted by atomic mass is 9.92. The van der Waals surface area contributed by atoms with Crippen LogP contribution in [0.1, 0.15) is 18.2 Å². The number of nitrogens with one attached hydrogen (secondary N) is 1. The maximum atomic E-state index is 12.5. The molecule has 1 unspecified atom stereocenters. The molecule has 1 atom stereocenters. The van der Waals surface area contributed by atoms with Gasteiger partial charge in [0.25, 0.3) is 0 Å². The van der Waals surface area contributed by atoms with E-state index in [9.17, 15) is 14.7 Å². The molecule has 28 heavy (non-hydrogen) atoms. The molecule has 0 radical (unpaired) electrons. The SMILES string of the molecule is CC(Cc1ccccc1)(NC(=O)Cc1csc(-c2cccc(Cl)c2)n1)C(=O)O. The Hall–Kier alpha value is -2.70. The lowest BCUT2D eigenvalue weighted by molar-refractivity contribution is -0.146. The van der Waals surface area contributed by atoms with E-state index in [1.165, 1.54) is 18.3 Å². The lowest BCUT2D eigenvalue weighted by Crippen LogP contribution is -2.54. The van der Waals surface area contributed by atoms with E-state index < -0.39 is 11.5 Å². The summed E-state index contributed by atoms with van der Waals surface area (Å²) in [6.07, 6.45) is 0.203. The van der Waals surface area contributed by atoms with Crippen LogP contribution < -0.4 is 5.32 Å². The van der Waals surface area contributed by atoms with E-state index in [0.29, 0.717) is 10.7 Å². The summed E-state index contributed by atoms with van der Waals surface area (Å²) in [5, 5.41) is 15.5. The first-order valence-electron chi connectivity index (χ1n) is 8.64. The largest absolute Gasteiger partial charge is 0.480 e. The zero-order valence-electron chi connectivity index (χ0n) is 15.2. The van der Waals surface area contributed by atoms with Crippen molar-refractivity contribution in [3.63, 3.8) is 0 Å². The molecule has 0 saturated carbocycles. The lowest BCUT2D eigenvalue weighted by Gasteiger charge is -2.26. The second-order valence-corrected chi connectivity index (χ2v) is 7.97. The molecule has 0 spiro atoms. The summed E-state index contributed by atoms with van der Waals surface area (Å²) in [7, 11) is 0. The van der Waals surface area contributed by atoms with Crippen molar-refractivity contribution in [1.82, 2.24) is 10.3 Å². The van der Waals surface area contributed by atoms with Crippen LogP contribution in [0.15, 0.2) is 60.0 Å². The molecule has 0 aliphatic heterocycles. The second-order valence-electron chi connectivity index (χ2n) is 6.68. The van der Waals surface area contributed by atoms with E-state index in [0.717, 1.165) is 16.1 Å². The maximum absolute atomic E-state index is 12.5. The summed E-state index contributed by atoms with van der Waals surface area (Å²) >= 11 is 7.43. The summed E-state index contributed by atoms with van der Waals surface area (Å²) in [4.78, 5) is 28.8. The van der Waals surface area contributed by atoms with E-state index in [-0.39, 0.29) is 18.7 Å². The van der Waals surface area contributed by atoms with Crippen molar-refractivity contribution in [3.05, 3.63) is 76.3 Å². The Morgan fingerprint density at radius 2 is 1.93 bits per heavy atom. The van der Waals surface area contributed by atoms with Crippen molar-refractivity contribution in [1.29, 1.82) is 0 Å². The minimum absolute atomic E-state index is 0.00866. The number of aliphatic carboxylic acids is 1. The van der Waals surface area contributed by atoms with Crippen molar-refractivity contribution in [3.8, 4) is 10.6 Å². The Labute approximate surface area is 172 Å². The number of nitrogens with zero attached hydrogens (tertiary/aromatic N) is 1. The maximum Gasteiger partial charge on any atom is 0.329 e. The fourth-order valence-corrected chi connectivity index (χ4v) is 3.84. The summed E-state index contributed by atoms with van der Waals surface area (Å²) in [5.74, 6) is -1.47. The molecule has 1 heterocycles. The molecule has 0 aliphatic carbocycles. The van der Waals surface area contributed by atoms with Gasteiger partial charge in [-0.2, -0.15) is 0 Å². The molecule has 2 N–H and O–H groups in total. The number of halogens is 1. The van der Waals surface area contributed by atoms with Gasteiger partial charge in [0.15, 0.2) is 0 Å². The van der Waals surface area contributed by atoms with Crippen molar-refractivity contribution in [2.24, 2.45) is 0 Å². The zero-order valence-corrected chi connectivity index (χ0v) is 16.8. The molecule has 3 aromatic rings. The van der Waals surface area contributed by atoms with E-state index in [1.807, 2.05) is 48.5 Å². The molecule has 1 amide bonds. The third-order valence-corrected chi connectivity index (χ3v) is 5.43. The van der Waals surface area contributed by atoms with Crippen LogP contribution in [0.25, 0.3) is 10.6 Å². The number of benzene rings is 2. The van der Waals surface area contributed by atoms with Crippen LogP contribution in [0, 0.1) is 0 Å². The average molecular weight is 415 g/mol. The highest BCUT2D eigenvalue weighted by Crippen LogP contribution is 2.26. The minimum Gasteiger partial charge on any atom is -0.480 e. The van der Waals surface area contributed by atoms with E-state index in [1.54, 1.807) is 11.4 Å². The quantitative estimate of drug-likeness (QED) is 0.607. The van der Waals surface area contributed by atoms with Crippen LogP contribution in [-0.4, -0.2) is 27.5 Å². The minimum atomic E-state index is -1.40. The third kappa shape index (κ3) is 4.97. The van der Waals surface area contributed by atoms with Gasteiger partial charge < -0.3 is 10.4 Å². The topological polar surface area (TPSA) is 79.3 Å². The Morgan fingerprint density at radius 3 is 2.61 bits per heavy atom. The Balaban J connectivity index is 1.69. The van der Waals surface area contributed by atoms with Crippen molar-refractivity contribution < 1.29 is 14.7 Å². The second kappa shape index (κ2) is 8.54. The molecule has 0 saturated heterocycles. The van der Waals surface area contributed by atoms with Crippen LogP contribution in [0.5, 0.6) is 0 Å².